The third-order valence-electron chi connectivity index (χ3n) is 2.79. The highest BCUT2D eigenvalue weighted by Gasteiger charge is 2.11. The van der Waals surface area contributed by atoms with E-state index < -0.39 is 11.0 Å². The lowest BCUT2D eigenvalue weighted by Crippen LogP contribution is -2.26. The summed E-state index contributed by atoms with van der Waals surface area (Å²) in [5.41, 5.74) is 0.743. The molecule has 0 amide bonds. The average Bonchev–Trinajstić information content (AvgIpc) is 2.38. The Hall–Kier alpha value is -1.66. The Morgan fingerprint density at radius 1 is 1.53 bits per heavy atom. The molecular weight excluding hydrogens is 248 g/mol. The van der Waals surface area contributed by atoms with Gasteiger partial charge in [0.1, 0.15) is 5.75 Å². The number of hydrogen-bond donors (Lipinski definition) is 2. The number of aliphatic hydroxyl groups excluding tert-OH is 1. The van der Waals surface area contributed by atoms with Gasteiger partial charge in [-0.1, -0.05) is 13.3 Å². The summed E-state index contributed by atoms with van der Waals surface area (Å²) in [4.78, 5) is 10.3. The molecule has 0 aromatic heterocycles. The van der Waals surface area contributed by atoms with E-state index in [0.717, 1.165) is 12.8 Å². The van der Waals surface area contributed by atoms with Crippen LogP contribution in [0.15, 0.2) is 18.2 Å². The number of nitro groups is 1. The van der Waals surface area contributed by atoms with Crippen LogP contribution in [0.2, 0.25) is 0 Å². The fourth-order valence-electron chi connectivity index (χ4n) is 1.83. The number of aliphatic hydroxyl groups is 1. The Bertz CT molecular complexity index is 423. The van der Waals surface area contributed by atoms with Gasteiger partial charge in [-0.2, -0.15) is 0 Å². The maximum atomic E-state index is 10.7. The zero-order valence-corrected chi connectivity index (χ0v) is 11.3. The summed E-state index contributed by atoms with van der Waals surface area (Å²) in [6, 6.07) is 4.48. The first-order valence-electron chi connectivity index (χ1n) is 6.28. The molecule has 0 aliphatic heterocycles. The van der Waals surface area contributed by atoms with Crippen molar-refractivity contribution in [2.75, 3.05) is 13.7 Å². The quantitative estimate of drug-likeness (QED) is 0.555. The van der Waals surface area contributed by atoms with Crippen molar-refractivity contribution in [2.24, 2.45) is 0 Å². The molecule has 1 aromatic rings. The molecule has 0 saturated carbocycles. The lowest BCUT2D eigenvalue weighted by atomic mass is 10.1. The van der Waals surface area contributed by atoms with Crippen LogP contribution in [-0.2, 0) is 6.54 Å². The van der Waals surface area contributed by atoms with Gasteiger partial charge in [0, 0.05) is 30.8 Å². The van der Waals surface area contributed by atoms with E-state index in [0.29, 0.717) is 24.4 Å². The molecule has 0 saturated heterocycles. The lowest BCUT2D eigenvalue weighted by Gasteiger charge is -2.12. The van der Waals surface area contributed by atoms with Gasteiger partial charge in [-0.05, 0) is 12.5 Å². The van der Waals surface area contributed by atoms with Gasteiger partial charge in [-0.15, -0.1) is 0 Å². The number of benzene rings is 1. The molecule has 1 unspecified atom stereocenters. The van der Waals surface area contributed by atoms with Gasteiger partial charge < -0.3 is 15.2 Å². The second-order valence-corrected chi connectivity index (χ2v) is 4.33. The highest BCUT2D eigenvalue weighted by atomic mass is 16.6. The fourth-order valence-corrected chi connectivity index (χ4v) is 1.83. The number of methoxy groups -OCH3 is 1. The molecule has 106 valence electrons. The Labute approximate surface area is 112 Å². The fraction of sp³-hybridized carbons (Fsp3) is 0.538. The van der Waals surface area contributed by atoms with Crippen LogP contribution >= 0.6 is 0 Å². The molecule has 0 fully saturated rings. The number of rotatable bonds is 8. The second kappa shape index (κ2) is 7.70. The topological polar surface area (TPSA) is 84.6 Å². The lowest BCUT2D eigenvalue weighted by molar-refractivity contribution is -0.384. The summed E-state index contributed by atoms with van der Waals surface area (Å²) in [6.45, 7) is 2.89. The third-order valence-corrected chi connectivity index (χ3v) is 2.79. The molecule has 0 radical (unpaired) electrons. The largest absolute Gasteiger partial charge is 0.496 e. The summed E-state index contributed by atoms with van der Waals surface area (Å²) < 4.78 is 5.16. The minimum atomic E-state index is -0.436. The van der Waals surface area contributed by atoms with Crippen LogP contribution in [-0.4, -0.2) is 29.8 Å². The molecule has 0 aliphatic carbocycles. The van der Waals surface area contributed by atoms with E-state index in [1.165, 1.54) is 19.2 Å². The molecule has 1 atom stereocenters. The van der Waals surface area contributed by atoms with Gasteiger partial charge in [0.15, 0.2) is 0 Å². The van der Waals surface area contributed by atoms with Crippen molar-refractivity contribution >= 4 is 5.69 Å². The van der Waals surface area contributed by atoms with Crippen LogP contribution in [0.3, 0.4) is 0 Å². The molecule has 19 heavy (non-hydrogen) atoms. The van der Waals surface area contributed by atoms with Crippen molar-refractivity contribution in [2.45, 2.75) is 32.4 Å². The van der Waals surface area contributed by atoms with Crippen molar-refractivity contribution in [1.82, 2.24) is 5.32 Å². The van der Waals surface area contributed by atoms with Crippen molar-refractivity contribution in [1.29, 1.82) is 0 Å². The highest BCUT2D eigenvalue weighted by Crippen LogP contribution is 2.23. The zero-order chi connectivity index (χ0) is 14.3. The van der Waals surface area contributed by atoms with Gasteiger partial charge in [0.2, 0.25) is 0 Å². The minimum Gasteiger partial charge on any atom is -0.496 e. The van der Waals surface area contributed by atoms with Crippen molar-refractivity contribution in [3.63, 3.8) is 0 Å². The molecular formula is C13H20N2O4. The molecule has 2 N–H and O–H groups in total. The van der Waals surface area contributed by atoms with Crippen LogP contribution < -0.4 is 10.1 Å². The first-order chi connectivity index (χ1) is 9.08. The van der Waals surface area contributed by atoms with Crippen molar-refractivity contribution < 1.29 is 14.8 Å². The average molecular weight is 268 g/mol. The second-order valence-electron chi connectivity index (χ2n) is 4.33. The van der Waals surface area contributed by atoms with Crippen LogP contribution in [0, 0.1) is 10.1 Å². The standard InChI is InChI=1S/C13H20N2O4/c1-3-4-12(16)9-14-8-10-7-11(15(17)18)5-6-13(10)19-2/h5-7,12,14,16H,3-4,8-9H2,1-2H3. The first-order valence-corrected chi connectivity index (χ1v) is 6.28. The number of nitro benzene ring substituents is 1. The van der Waals surface area contributed by atoms with E-state index in [1.54, 1.807) is 6.07 Å². The monoisotopic (exact) mass is 268 g/mol. The molecule has 6 nitrogen and oxygen atoms in total. The number of nitrogens with one attached hydrogen (secondary N) is 1. The molecule has 0 aliphatic rings. The predicted molar refractivity (Wildman–Crippen MR) is 72.3 cm³/mol. The maximum Gasteiger partial charge on any atom is 0.270 e. The predicted octanol–water partition coefficient (Wildman–Crippen LogP) is 1.85. The van der Waals surface area contributed by atoms with Gasteiger partial charge in [-0.25, -0.2) is 0 Å². The summed E-state index contributed by atoms with van der Waals surface area (Å²) in [6.07, 6.45) is 1.26. The van der Waals surface area contributed by atoms with E-state index in [9.17, 15) is 15.2 Å². The smallest absolute Gasteiger partial charge is 0.270 e. The normalized spacial score (nSPS) is 12.2. The van der Waals surface area contributed by atoms with Gasteiger partial charge in [-0.3, -0.25) is 10.1 Å². The van der Waals surface area contributed by atoms with Gasteiger partial charge in [0.25, 0.3) is 5.69 Å². The van der Waals surface area contributed by atoms with E-state index in [1.807, 2.05) is 6.92 Å². The first kappa shape index (κ1) is 15.4. The Morgan fingerprint density at radius 2 is 2.26 bits per heavy atom. The van der Waals surface area contributed by atoms with Crippen LogP contribution in [0.1, 0.15) is 25.3 Å². The van der Waals surface area contributed by atoms with Crippen LogP contribution in [0.5, 0.6) is 5.75 Å². The summed E-state index contributed by atoms with van der Waals surface area (Å²) >= 11 is 0. The van der Waals surface area contributed by atoms with E-state index in [-0.39, 0.29) is 5.69 Å². The third kappa shape index (κ3) is 4.84. The van der Waals surface area contributed by atoms with Crippen LogP contribution in [0.25, 0.3) is 0 Å². The molecule has 0 heterocycles. The molecule has 0 bridgehead atoms. The van der Waals surface area contributed by atoms with Crippen molar-refractivity contribution in [3.8, 4) is 5.75 Å². The Kier molecular flexibility index (Phi) is 6.24. The number of nitrogens with zero attached hydrogens (tertiary/aromatic N) is 1. The van der Waals surface area contributed by atoms with E-state index in [2.05, 4.69) is 5.32 Å². The number of hydrogen-bond acceptors (Lipinski definition) is 5. The Morgan fingerprint density at radius 3 is 2.84 bits per heavy atom. The summed E-state index contributed by atoms with van der Waals surface area (Å²) in [7, 11) is 1.52. The minimum absolute atomic E-state index is 0.0340. The molecule has 0 spiro atoms. The zero-order valence-electron chi connectivity index (χ0n) is 11.3. The number of ether oxygens (including phenoxy) is 1. The highest BCUT2D eigenvalue weighted by molar-refractivity contribution is 5.43. The Balaban J connectivity index is 2.65. The summed E-state index contributed by atoms with van der Waals surface area (Å²) in [5.74, 6) is 0.600. The molecule has 1 aromatic carbocycles. The van der Waals surface area contributed by atoms with Gasteiger partial charge >= 0.3 is 0 Å². The number of non-ortho nitro benzene ring substituents is 1. The van der Waals surface area contributed by atoms with Gasteiger partial charge in [0.05, 0.1) is 18.1 Å². The van der Waals surface area contributed by atoms with E-state index in [4.69, 9.17) is 4.74 Å². The van der Waals surface area contributed by atoms with Crippen molar-refractivity contribution in [3.05, 3.63) is 33.9 Å². The SMILES string of the molecule is CCCC(O)CNCc1cc([N+](=O)[O-])ccc1OC. The van der Waals surface area contributed by atoms with E-state index >= 15 is 0 Å². The maximum absolute atomic E-state index is 10.7. The summed E-state index contributed by atoms with van der Waals surface area (Å²) in [5, 5.41) is 23.4. The molecule has 6 heteroatoms. The van der Waals surface area contributed by atoms with Crippen LogP contribution in [0.4, 0.5) is 5.69 Å². The molecule has 1 rings (SSSR count).